The lowest BCUT2D eigenvalue weighted by atomic mass is 9.79. The van der Waals surface area contributed by atoms with Gasteiger partial charge in [-0.2, -0.15) is 0 Å². The van der Waals surface area contributed by atoms with E-state index in [2.05, 4.69) is 75.9 Å². The maximum atomic E-state index is 12.2. The quantitative estimate of drug-likeness (QED) is 0.165. The lowest BCUT2D eigenvalue weighted by Gasteiger charge is -2.47. The van der Waals surface area contributed by atoms with Crippen molar-refractivity contribution in [1.29, 1.82) is 0 Å². The molecule has 6 heteroatoms. The van der Waals surface area contributed by atoms with Crippen molar-refractivity contribution in [3.05, 3.63) is 65.4 Å². The number of rotatable bonds is 11. The van der Waals surface area contributed by atoms with Crippen LogP contribution in [-0.2, 0) is 11.2 Å². The van der Waals surface area contributed by atoms with E-state index in [-0.39, 0.29) is 11.3 Å². The molecule has 212 valence electrons. The third-order valence-electron chi connectivity index (χ3n) is 8.40. The van der Waals surface area contributed by atoms with E-state index >= 15 is 0 Å². The number of benzene rings is 1. The van der Waals surface area contributed by atoms with Crippen molar-refractivity contribution in [2.45, 2.75) is 46.5 Å². The van der Waals surface area contributed by atoms with Gasteiger partial charge in [-0.25, -0.2) is 4.98 Å². The Morgan fingerprint density at radius 2 is 1.98 bits per heavy atom. The minimum Gasteiger partial charge on any atom is -0.476 e. The fraction of sp³-hybridized carbons (Fsp3) is 0.471. The maximum absolute atomic E-state index is 12.2. The van der Waals surface area contributed by atoms with E-state index in [1.165, 1.54) is 28.3 Å². The van der Waals surface area contributed by atoms with Crippen LogP contribution in [0.1, 0.15) is 48.4 Å². The molecule has 2 fully saturated rings. The van der Waals surface area contributed by atoms with Gasteiger partial charge in [0, 0.05) is 49.9 Å². The van der Waals surface area contributed by atoms with Gasteiger partial charge in [-0.3, -0.25) is 4.79 Å². The van der Waals surface area contributed by atoms with Crippen molar-refractivity contribution in [3.63, 3.8) is 0 Å². The molecular weight excluding hydrogens is 496 g/mol. The summed E-state index contributed by atoms with van der Waals surface area (Å²) < 4.78 is 6.33. The van der Waals surface area contributed by atoms with E-state index in [0.717, 1.165) is 80.8 Å². The fourth-order valence-electron chi connectivity index (χ4n) is 6.05. The number of hydrogen-bond donors (Lipinski definition) is 0. The average molecular weight is 541 g/mol. The number of hydrogen-bond acceptors (Lipinski definition) is 5. The monoisotopic (exact) mass is 540 g/mol. The Balaban J connectivity index is 1.77. The van der Waals surface area contributed by atoms with Crippen LogP contribution in [0.15, 0.2) is 43.1 Å². The summed E-state index contributed by atoms with van der Waals surface area (Å²) >= 11 is 0. The molecule has 1 aromatic carbocycles. The van der Waals surface area contributed by atoms with Crippen LogP contribution in [0, 0.1) is 31.6 Å². The third-order valence-corrected chi connectivity index (χ3v) is 8.40. The molecular formula is C34H44N4O2. The summed E-state index contributed by atoms with van der Waals surface area (Å²) in [4.78, 5) is 23.4. The van der Waals surface area contributed by atoms with Crippen molar-refractivity contribution in [2.75, 3.05) is 58.3 Å². The number of nitrogens with zero attached hydrogens (tertiary/aromatic N) is 4. The molecule has 2 aromatic rings. The predicted octanol–water partition coefficient (Wildman–Crippen LogP) is 5.41. The van der Waals surface area contributed by atoms with Crippen LogP contribution in [-0.4, -0.2) is 74.1 Å². The molecule has 0 aliphatic carbocycles. The van der Waals surface area contributed by atoms with Crippen LogP contribution in [0.4, 0.5) is 5.69 Å². The van der Waals surface area contributed by atoms with Crippen LogP contribution in [0.3, 0.4) is 0 Å². The van der Waals surface area contributed by atoms with Gasteiger partial charge in [-0.15, -0.1) is 6.42 Å². The number of aryl methyl sites for hydroxylation is 2. The van der Waals surface area contributed by atoms with E-state index in [4.69, 9.17) is 16.1 Å². The standard InChI is InChI=1S/C34H44N4O2/c1-9-24(4)19-28-25(5)13-14-26(6)31(28)29-20-35-33(40-18-12-16-36(7)8)32(27(29)10-2)37-17-15-34(21-37)22-38(23-34)30(39)11-3/h2,11,13-14,20H,3-4,9,12,15-19,21-23H2,1,5-8H3. The molecule has 0 atom stereocenters. The summed E-state index contributed by atoms with van der Waals surface area (Å²) in [7, 11) is 4.12. The van der Waals surface area contributed by atoms with Crippen molar-refractivity contribution in [3.8, 4) is 29.4 Å². The number of pyridine rings is 1. The molecule has 4 rings (SSSR count). The number of ether oxygens (including phenoxy) is 1. The second kappa shape index (κ2) is 12.3. The predicted molar refractivity (Wildman–Crippen MR) is 165 cm³/mol. The number of aromatic nitrogens is 1. The first-order chi connectivity index (χ1) is 19.1. The summed E-state index contributed by atoms with van der Waals surface area (Å²) in [6.07, 6.45) is 13.3. The number of carbonyl (C=O) groups excluding carboxylic acids is 1. The van der Waals surface area contributed by atoms with Crippen LogP contribution in [0.2, 0.25) is 0 Å². The summed E-state index contributed by atoms with van der Waals surface area (Å²) in [6.45, 7) is 19.0. The van der Waals surface area contributed by atoms with E-state index in [1.807, 2.05) is 11.1 Å². The highest BCUT2D eigenvalue weighted by Gasteiger charge is 2.49. The largest absolute Gasteiger partial charge is 0.476 e. The van der Waals surface area contributed by atoms with Crippen molar-refractivity contribution in [1.82, 2.24) is 14.8 Å². The number of allylic oxidation sites excluding steroid dienone is 1. The van der Waals surface area contributed by atoms with Crippen LogP contribution in [0.25, 0.3) is 11.1 Å². The van der Waals surface area contributed by atoms with Gasteiger partial charge in [-0.1, -0.05) is 43.7 Å². The van der Waals surface area contributed by atoms with Crippen LogP contribution < -0.4 is 9.64 Å². The Bertz CT molecular complexity index is 1330. The second-order valence-corrected chi connectivity index (χ2v) is 11.8. The molecule has 1 amide bonds. The van der Waals surface area contributed by atoms with Gasteiger partial charge in [0.15, 0.2) is 0 Å². The van der Waals surface area contributed by atoms with Crippen molar-refractivity contribution < 1.29 is 9.53 Å². The Morgan fingerprint density at radius 1 is 1.25 bits per heavy atom. The van der Waals surface area contributed by atoms with Crippen molar-refractivity contribution >= 4 is 11.6 Å². The van der Waals surface area contributed by atoms with Gasteiger partial charge in [0.1, 0.15) is 5.69 Å². The summed E-state index contributed by atoms with van der Waals surface area (Å²) in [5, 5.41) is 0. The third kappa shape index (κ3) is 5.95. The first kappa shape index (κ1) is 29.4. The maximum Gasteiger partial charge on any atom is 0.245 e. The molecule has 0 unspecified atom stereocenters. The molecule has 40 heavy (non-hydrogen) atoms. The van der Waals surface area contributed by atoms with E-state index in [9.17, 15) is 4.79 Å². The zero-order chi connectivity index (χ0) is 29.0. The second-order valence-electron chi connectivity index (χ2n) is 11.8. The SMILES string of the molecule is C#Cc1c(-c2c(C)ccc(C)c2CC(=C)CC)cnc(OCCCN(C)C)c1N1CCC2(CN(C(=O)C=C)C2)C1. The molecule has 0 saturated carbocycles. The molecule has 0 bridgehead atoms. The number of terminal acetylenes is 1. The number of likely N-dealkylation sites (tertiary alicyclic amines) is 1. The molecule has 0 radical (unpaired) electrons. The van der Waals surface area contributed by atoms with E-state index < -0.39 is 0 Å². The van der Waals surface area contributed by atoms with Gasteiger partial charge in [-0.05, 0) is 82.0 Å². The van der Waals surface area contributed by atoms with Gasteiger partial charge < -0.3 is 19.4 Å². The van der Waals surface area contributed by atoms with Crippen LogP contribution >= 0.6 is 0 Å². The summed E-state index contributed by atoms with van der Waals surface area (Å²) in [6, 6.07) is 4.35. The molecule has 1 spiro atoms. The van der Waals surface area contributed by atoms with Crippen LogP contribution in [0.5, 0.6) is 5.88 Å². The fourth-order valence-corrected chi connectivity index (χ4v) is 6.05. The molecule has 0 N–H and O–H groups in total. The summed E-state index contributed by atoms with van der Waals surface area (Å²) in [5.74, 6) is 3.65. The highest BCUT2D eigenvalue weighted by Crippen LogP contribution is 2.46. The summed E-state index contributed by atoms with van der Waals surface area (Å²) in [5.41, 5.74) is 8.75. The molecule has 1 aromatic heterocycles. The van der Waals surface area contributed by atoms with E-state index in [0.29, 0.717) is 12.5 Å². The highest BCUT2D eigenvalue weighted by atomic mass is 16.5. The average Bonchev–Trinajstić information content (AvgIpc) is 3.37. The topological polar surface area (TPSA) is 48.9 Å². The Morgan fingerprint density at radius 3 is 2.62 bits per heavy atom. The molecule has 2 aliphatic heterocycles. The Kier molecular flexibility index (Phi) is 9.05. The number of amides is 1. The minimum atomic E-state index is -0.00177. The molecule has 2 saturated heterocycles. The van der Waals surface area contributed by atoms with Crippen molar-refractivity contribution in [2.24, 2.45) is 5.41 Å². The normalized spacial score (nSPS) is 15.7. The zero-order valence-corrected chi connectivity index (χ0v) is 25.0. The first-order valence-electron chi connectivity index (χ1n) is 14.3. The van der Waals surface area contributed by atoms with Gasteiger partial charge in [0.25, 0.3) is 0 Å². The molecule has 3 heterocycles. The zero-order valence-electron chi connectivity index (χ0n) is 25.0. The lowest BCUT2D eigenvalue weighted by molar-refractivity contribution is -0.136. The number of anilines is 1. The van der Waals surface area contributed by atoms with Gasteiger partial charge in [0.2, 0.25) is 11.8 Å². The highest BCUT2D eigenvalue weighted by molar-refractivity contribution is 5.88. The number of carbonyl (C=O) groups is 1. The molecule has 6 nitrogen and oxygen atoms in total. The van der Waals surface area contributed by atoms with E-state index in [1.54, 1.807) is 0 Å². The first-order valence-corrected chi connectivity index (χ1v) is 14.3. The minimum absolute atomic E-state index is 0.00177. The smallest absolute Gasteiger partial charge is 0.245 e. The Labute approximate surface area is 240 Å². The molecule has 2 aliphatic rings. The lowest BCUT2D eigenvalue weighted by Crippen LogP contribution is -2.59. The Hall–Kier alpha value is -3.56. The van der Waals surface area contributed by atoms with Gasteiger partial charge in [0.05, 0.1) is 12.2 Å². The van der Waals surface area contributed by atoms with Gasteiger partial charge >= 0.3 is 0 Å².